The fourth-order valence-corrected chi connectivity index (χ4v) is 0.928. The minimum absolute atomic E-state index is 0. The molecule has 110 valence electrons. The van der Waals surface area contributed by atoms with Crippen LogP contribution in [-0.4, -0.2) is 24.4 Å². The summed E-state index contributed by atoms with van der Waals surface area (Å²) < 4.78 is 0. The Hall–Kier alpha value is 6.47. The quantitative estimate of drug-likeness (QED) is 0.289. The van der Waals surface area contributed by atoms with Crippen LogP contribution in [0.15, 0.2) is 49.8 Å². The van der Waals surface area contributed by atoms with Gasteiger partial charge in [0.1, 0.15) is 0 Å². The molecule has 0 bridgehead atoms. The third-order valence-electron chi connectivity index (χ3n) is 1.56. The van der Waals surface area contributed by atoms with Gasteiger partial charge in [-0.05, 0) is 11.4 Å². The van der Waals surface area contributed by atoms with Gasteiger partial charge in [-0.1, -0.05) is 12.6 Å². The average molecular weight is 931 g/mol. The van der Waals surface area contributed by atoms with Gasteiger partial charge in [0.15, 0.2) is 0 Å². The van der Waals surface area contributed by atoms with Crippen molar-refractivity contribution in [2.45, 2.75) is 6.42 Å². The van der Waals surface area contributed by atoms with E-state index in [2.05, 4.69) is 38.6 Å². The minimum Gasteiger partial charge on any atom is -0.635 e. The standard InChI is InChI=1S/C13H8N4.8Y/c1-4-14-8-11(3)16-10-13-7-6-12(17-13)9-15-5-2;;;;;;;;/h1-6H,7H2;;;;;;;;/q-6;;;;;;;;. The van der Waals surface area contributed by atoms with E-state index in [1.165, 1.54) is 0 Å². The van der Waals surface area contributed by atoms with E-state index in [0.29, 0.717) is 17.8 Å². The van der Waals surface area contributed by atoms with Gasteiger partial charge in [-0.15, -0.1) is 12.3 Å². The van der Waals surface area contributed by atoms with Crippen molar-refractivity contribution in [3.05, 3.63) is 49.6 Å². The zero-order valence-corrected chi connectivity index (χ0v) is 36.3. The second-order valence-electron chi connectivity index (χ2n) is 2.74. The average Bonchev–Trinajstić information content (AvgIpc) is 2.79. The third kappa shape index (κ3) is 30.5. The normalized spacial score (nSPS) is 10.6. The van der Waals surface area contributed by atoms with E-state index < -0.39 is 0 Å². The summed E-state index contributed by atoms with van der Waals surface area (Å²) >= 11 is 0. The Morgan fingerprint density at radius 2 is 1.44 bits per heavy atom. The van der Waals surface area contributed by atoms with Gasteiger partial charge in [-0.3, -0.25) is 11.2 Å². The first-order chi connectivity index (χ1) is 8.26. The predicted molar refractivity (Wildman–Crippen MR) is 68.0 cm³/mol. The maximum atomic E-state index is 5.43. The molecule has 1 heterocycles. The van der Waals surface area contributed by atoms with Crippen LogP contribution in [0.4, 0.5) is 0 Å². The second-order valence-corrected chi connectivity index (χ2v) is 2.74. The van der Waals surface area contributed by atoms with Crippen molar-refractivity contribution in [1.82, 2.24) is 0 Å². The third-order valence-corrected chi connectivity index (χ3v) is 1.56. The molecule has 0 spiro atoms. The maximum absolute atomic E-state index is 5.43. The van der Waals surface area contributed by atoms with Gasteiger partial charge in [-0.2, -0.15) is 0 Å². The molecule has 12 heteroatoms. The topological polar surface area (TPSA) is 49.4 Å². The van der Waals surface area contributed by atoms with Crippen molar-refractivity contribution in [3.8, 4) is 0 Å². The number of allylic oxidation sites excluding steroid dienone is 3. The maximum Gasteiger partial charge on any atom is 0 e. The molecule has 0 aromatic rings. The Balaban J connectivity index is -0.0000000602. The van der Waals surface area contributed by atoms with Crippen molar-refractivity contribution in [2.75, 3.05) is 0 Å². The summed E-state index contributed by atoms with van der Waals surface area (Å²) in [4.78, 5) is 15.0. The van der Waals surface area contributed by atoms with Crippen LogP contribution >= 0.6 is 0 Å². The molecule has 0 aromatic heterocycles. The summed E-state index contributed by atoms with van der Waals surface area (Å²) in [5.74, 6) is 0. The van der Waals surface area contributed by atoms with Crippen LogP contribution in [0, 0.1) is 19.7 Å². The molecule has 0 aromatic carbocycles. The van der Waals surface area contributed by atoms with Gasteiger partial charge < -0.3 is 52.8 Å². The molecule has 1 aliphatic rings. The summed E-state index contributed by atoms with van der Waals surface area (Å²) in [5, 5.41) is 0. The Morgan fingerprint density at radius 3 is 1.92 bits per heavy atom. The van der Waals surface area contributed by atoms with Crippen LogP contribution < -0.4 is 0 Å². The molecular formula is C13H8N4Y8-6. The molecule has 0 aliphatic carbocycles. The zero-order valence-electron chi connectivity index (χ0n) is 13.6. The first-order valence-corrected chi connectivity index (χ1v) is 4.61. The fraction of sp³-hybridized carbons (Fsp3) is 0.0769. The van der Waals surface area contributed by atoms with Crippen LogP contribution in [0.25, 0.3) is 0 Å². The van der Waals surface area contributed by atoms with Crippen molar-refractivity contribution in [1.29, 1.82) is 0 Å². The van der Waals surface area contributed by atoms with Crippen LogP contribution in [0.2, 0.25) is 0 Å². The molecule has 1 aliphatic heterocycles. The summed E-state index contributed by atoms with van der Waals surface area (Å²) in [6.07, 6.45) is 12.3. The van der Waals surface area contributed by atoms with E-state index in [1.54, 1.807) is 0 Å². The van der Waals surface area contributed by atoms with Crippen LogP contribution in [-0.2, 0) is 262 Å². The van der Waals surface area contributed by atoms with E-state index in [0.717, 1.165) is 12.4 Å². The summed E-state index contributed by atoms with van der Waals surface area (Å²) in [5.41, 5.74) is 1.26. The van der Waals surface area contributed by atoms with Gasteiger partial charge >= 0.3 is 0 Å². The monoisotopic (exact) mass is 931 g/mol. The van der Waals surface area contributed by atoms with Crippen LogP contribution in [0.3, 0.4) is 0 Å². The van der Waals surface area contributed by atoms with Gasteiger partial charge in [-0.25, -0.2) is 0 Å². The molecule has 0 N–H and O–H groups in total. The molecule has 0 fully saturated rings. The van der Waals surface area contributed by atoms with E-state index in [1.807, 2.05) is 6.08 Å². The predicted octanol–water partition coefficient (Wildman–Crippen LogP) is 1.75. The van der Waals surface area contributed by atoms with Crippen LogP contribution in [0.1, 0.15) is 6.42 Å². The molecule has 0 saturated heterocycles. The van der Waals surface area contributed by atoms with Crippen molar-refractivity contribution in [2.24, 2.45) is 20.0 Å². The summed E-state index contributed by atoms with van der Waals surface area (Å²) in [6, 6.07) is 0. The van der Waals surface area contributed by atoms with Gasteiger partial charge in [0, 0.05) is 262 Å². The molecule has 4 nitrogen and oxygen atoms in total. The van der Waals surface area contributed by atoms with E-state index in [-0.39, 0.29) is 267 Å². The molecule has 25 heavy (non-hydrogen) atoms. The van der Waals surface area contributed by atoms with E-state index >= 15 is 0 Å². The minimum atomic E-state index is 0. The van der Waals surface area contributed by atoms with Gasteiger partial charge in [0.25, 0.3) is 0 Å². The molecule has 8 radical (unpaired) electrons. The number of hydrogen-bond donors (Lipinski definition) is 0. The van der Waals surface area contributed by atoms with Crippen molar-refractivity contribution < 1.29 is 262 Å². The summed E-state index contributed by atoms with van der Waals surface area (Å²) in [6.45, 7) is 15.5. The zero-order chi connectivity index (χ0) is 12.5. The van der Waals surface area contributed by atoms with Gasteiger partial charge in [0.05, 0.1) is 0 Å². The summed E-state index contributed by atoms with van der Waals surface area (Å²) in [7, 11) is 0. The number of rotatable bonds is 6. The molecular weight excluding hydrogens is 923 g/mol. The van der Waals surface area contributed by atoms with E-state index in [9.17, 15) is 0 Å². The first-order valence-electron chi connectivity index (χ1n) is 4.61. The molecule has 0 amide bonds. The Morgan fingerprint density at radius 1 is 0.920 bits per heavy atom. The smallest absolute Gasteiger partial charge is 0 e. The molecule has 0 saturated carbocycles. The number of nitrogens with zero attached hydrogens (tertiary/aromatic N) is 4. The Bertz CT molecular complexity index is 484. The molecule has 1 rings (SSSR count). The van der Waals surface area contributed by atoms with E-state index in [4.69, 9.17) is 19.7 Å². The molecule has 0 atom stereocenters. The molecule has 0 unspecified atom stereocenters. The second kappa shape index (κ2) is 37.8. The van der Waals surface area contributed by atoms with Crippen molar-refractivity contribution >= 4 is 24.4 Å². The fourth-order valence-electron chi connectivity index (χ4n) is 0.928. The Labute approximate surface area is 352 Å². The van der Waals surface area contributed by atoms with Gasteiger partial charge in [0.2, 0.25) is 0 Å². The number of hydrogen-bond acceptors (Lipinski definition) is 4. The van der Waals surface area contributed by atoms with Crippen molar-refractivity contribution in [3.63, 3.8) is 0 Å². The Kier molecular flexibility index (Phi) is 80.1. The van der Waals surface area contributed by atoms with Crippen LogP contribution in [0.5, 0.6) is 0 Å². The number of aliphatic imine (C=N–C) groups is 4. The first kappa shape index (κ1) is 53.0. The SMILES string of the molecule is [CH-]=CN=[C-]C(=[CH-])N=[C-]C1=NC([C-]=NC=[CH-])=CC1.[Y].[Y].[Y].[Y].[Y].[Y].[Y].[Y]. The largest absolute Gasteiger partial charge is 0.635 e.